The Morgan fingerprint density at radius 1 is 0.413 bits per heavy atom. The van der Waals surface area contributed by atoms with Crippen molar-refractivity contribution in [3.05, 3.63) is 60.8 Å². The monoisotopic (exact) mass is 1070 g/mol. The van der Waals surface area contributed by atoms with Crippen LogP contribution in [0.1, 0.15) is 309 Å². The molecule has 10 heteroatoms. The predicted octanol–water partition coefficient (Wildman–Crippen LogP) is 20.3. The quantitative estimate of drug-likeness (QED) is 0.0264. The first-order valence-electron chi connectivity index (χ1n) is 31.8. The molecule has 0 fully saturated rings. The van der Waals surface area contributed by atoms with Crippen LogP contribution < -0.4 is 5.73 Å². The number of hydrogen-bond donors (Lipinski definition) is 2. The van der Waals surface area contributed by atoms with Crippen LogP contribution in [0.2, 0.25) is 0 Å². The van der Waals surface area contributed by atoms with Crippen LogP contribution in [0.3, 0.4) is 0 Å². The molecule has 0 aromatic heterocycles. The summed E-state index contributed by atoms with van der Waals surface area (Å²) in [5, 5.41) is 0. The van der Waals surface area contributed by atoms with E-state index in [2.05, 4.69) is 74.6 Å². The third-order valence-corrected chi connectivity index (χ3v) is 14.9. The Morgan fingerprint density at radius 2 is 0.733 bits per heavy atom. The summed E-state index contributed by atoms with van der Waals surface area (Å²) >= 11 is 0. The SMILES string of the molecule is CC/C=C\C/C=C\C/C=C\C/C=C\C/C=C\CCCCCCCCCCCCCCCCCCCCCC(=O)OC(COC(=O)CCCCCCCCCCCCCCCCCCCCC)COP(=O)(O)OCCN. The van der Waals surface area contributed by atoms with E-state index in [-0.39, 0.29) is 38.6 Å². The van der Waals surface area contributed by atoms with Gasteiger partial charge < -0.3 is 20.1 Å². The maximum absolute atomic E-state index is 12.7. The van der Waals surface area contributed by atoms with Crippen LogP contribution in [-0.4, -0.2) is 49.3 Å². The number of nitrogens with two attached hydrogens (primary N) is 1. The van der Waals surface area contributed by atoms with Gasteiger partial charge in [0.05, 0.1) is 13.2 Å². The second-order valence-electron chi connectivity index (χ2n) is 21.3. The van der Waals surface area contributed by atoms with Crippen molar-refractivity contribution >= 4 is 19.8 Å². The number of esters is 2. The van der Waals surface area contributed by atoms with Gasteiger partial charge in [-0.15, -0.1) is 0 Å². The summed E-state index contributed by atoms with van der Waals surface area (Å²) in [4.78, 5) is 35.2. The zero-order valence-electron chi connectivity index (χ0n) is 49.0. The fourth-order valence-electron chi connectivity index (χ4n) is 9.25. The van der Waals surface area contributed by atoms with Gasteiger partial charge in [0, 0.05) is 19.4 Å². The number of rotatable bonds is 60. The molecule has 9 nitrogen and oxygen atoms in total. The molecule has 0 aliphatic carbocycles. The molecule has 75 heavy (non-hydrogen) atoms. The molecule has 2 atom stereocenters. The molecule has 0 bridgehead atoms. The number of phosphoric acid groups is 1. The third-order valence-electron chi connectivity index (χ3n) is 13.9. The van der Waals surface area contributed by atoms with E-state index in [1.165, 1.54) is 212 Å². The largest absolute Gasteiger partial charge is 0.472 e. The van der Waals surface area contributed by atoms with E-state index in [1.54, 1.807) is 0 Å². The lowest BCUT2D eigenvalue weighted by atomic mass is 10.0. The number of phosphoric ester groups is 1. The Balaban J connectivity index is 3.85. The second kappa shape index (κ2) is 60.9. The summed E-state index contributed by atoms with van der Waals surface area (Å²) in [5.41, 5.74) is 5.39. The van der Waals surface area contributed by atoms with Crippen molar-refractivity contribution in [3.63, 3.8) is 0 Å². The zero-order valence-corrected chi connectivity index (χ0v) is 49.9. The molecule has 0 saturated carbocycles. The molecule has 0 aliphatic heterocycles. The number of unbranched alkanes of at least 4 members (excludes halogenated alkanes) is 37. The Hall–Kier alpha value is -2.29. The molecule has 0 saturated heterocycles. The minimum atomic E-state index is -4.39. The molecular formula is C65H120NO8P. The van der Waals surface area contributed by atoms with Gasteiger partial charge >= 0.3 is 19.8 Å². The van der Waals surface area contributed by atoms with Gasteiger partial charge in [0.15, 0.2) is 6.10 Å². The molecule has 0 heterocycles. The predicted molar refractivity (Wildman–Crippen MR) is 321 cm³/mol. The number of carbonyl (C=O) groups is 2. The van der Waals surface area contributed by atoms with Crippen LogP contribution in [0.15, 0.2) is 60.8 Å². The van der Waals surface area contributed by atoms with Crippen LogP contribution in [0.4, 0.5) is 0 Å². The van der Waals surface area contributed by atoms with Crippen molar-refractivity contribution in [1.82, 2.24) is 0 Å². The number of hydrogen-bond acceptors (Lipinski definition) is 8. The van der Waals surface area contributed by atoms with Crippen LogP contribution >= 0.6 is 7.82 Å². The van der Waals surface area contributed by atoms with Crippen LogP contribution in [0.25, 0.3) is 0 Å². The van der Waals surface area contributed by atoms with Gasteiger partial charge in [0.2, 0.25) is 0 Å². The zero-order chi connectivity index (χ0) is 54.5. The number of carbonyl (C=O) groups excluding carboxylic acids is 2. The van der Waals surface area contributed by atoms with Crippen molar-refractivity contribution in [2.24, 2.45) is 5.73 Å². The lowest BCUT2D eigenvalue weighted by Gasteiger charge is -2.19. The van der Waals surface area contributed by atoms with Crippen LogP contribution in [0.5, 0.6) is 0 Å². The summed E-state index contributed by atoms with van der Waals surface area (Å²) < 4.78 is 33.1. The summed E-state index contributed by atoms with van der Waals surface area (Å²) in [6.07, 6.45) is 77.3. The van der Waals surface area contributed by atoms with E-state index < -0.39 is 26.5 Å². The summed E-state index contributed by atoms with van der Waals surface area (Å²) in [6, 6.07) is 0. The number of ether oxygens (including phenoxy) is 2. The maximum atomic E-state index is 12.7. The van der Waals surface area contributed by atoms with Gasteiger partial charge in [0.1, 0.15) is 6.61 Å². The van der Waals surface area contributed by atoms with Crippen molar-refractivity contribution in [1.29, 1.82) is 0 Å². The highest BCUT2D eigenvalue weighted by Gasteiger charge is 2.26. The summed E-state index contributed by atoms with van der Waals surface area (Å²) in [6.45, 7) is 3.68. The third kappa shape index (κ3) is 60.8. The topological polar surface area (TPSA) is 134 Å². The lowest BCUT2D eigenvalue weighted by Crippen LogP contribution is -2.29. The van der Waals surface area contributed by atoms with Crippen molar-refractivity contribution in [2.75, 3.05) is 26.4 Å². The molecule has 0 spiro atoms. The molecule has 0 amide bonds. The molecule has 3 N–H and O–H groups in total. The van der Waals surface area contributed by atoms with Gasteiger partial charge in [-0.1, -0.05) is 299 Å². The van der Waals surface area contributed by atoms with Gasteiger partial charge in [-0.25, -0.2) is 4.57 Å². The van der Waals surface area contributed by atoms with Crippen LogP contribution in [0, 0.1) is 0 Å². The normalized spacial score (nSPS) is 13.4. The molecule has 438 valence electrons. The van der Waals surface area contributed by atoms with E-state index in [9.17, 15) is 19.0 Å². The molecule has 0 aromatic rings. The fraction of sp³-hybridized carbons (Fsp3) is 0.815. The second-order valence-corrected chi connectivity index (χ2v) is 22.7. The van der Waals surface area contributed by atoms with Crippen molar-refractivity contribution < 1.29 is 37.6 Å². The minimum absolute atomic E-state index is 0.0550. The van der Waals surface area contributed by atoms with Gasteiger partial charge in [-0.2, -0.15) is 0 Å². The highest BCUT2D eigenvalue weighted by Crippen LogP contribution is 2.43. The summed E-state index contributed by atoms with van der Waals surface area (Å²) in [7, 11) is -4.39. The first kappa shape index (κ1) is 72.7. The Bertz CT molecular complexity index is 1410. The summed E-state index contributed by atoms with van der Waals surface area (Å²) in [5.74, 6) is -0.810. The van der Waals surface area contributed by atoms with E-state index in [0.717, 1.165) is 64.2 Å². The standard InChI is InChI=1S/C65H120NO8P/c1-3-5-7-9-11-13-15-17-19-21-23-24-25-26-27-28-29-30-31-32-33-34-35-36-37-38-40-42-44-46-48-50-52-54-56-58-65(68)74-63(62-73-75(69,70)72-60-59-66)61-71-64(67)57-55-53-51-49-47-45-43-41-39-22-20-18-16-14-12-10-8-6-4-2/h5,7,11,13,17,19,23-24,26-27,63H,3-4,6,8-10,12,14-16,18,20-22,25,28-62,66H2,1-2H3,(H,69,70)/b7-5-,13-11-,19-17-,24-23-,27-26-. The van der Waals surface area contributed by atoms with Gasteiger partial charge in [-0.3, -0.25) is 18.6 Å². The Labute approximate surface area is 463 Å². The van der Waals surface area contributed by atoms with Crippen LogP contribution in [-0.2, 0) is 32.7 Å². The first-order valence-corrected chi connectivity index (χ1v) is 33.3. The highest BCUT2D eigenvalue weighted by atomic mass is 31.2. The van der Waals surface area contributed by atoms with Gasteiger partial charge in [0.25, 0.3) is 0 Å². The number of allylic oxidation sites excluding steroid dienone is 10. The molecule has 0 rings (SSSR count). The van der Waals surface area contributed by atoms with E-state index >= 15 is 0 Å². The molecular weight excluding hydrogens is 954 g/mol. The molecule has 0 aromatic carbocycles. The first-order chi connectivity index (χ1) is 36.8. The maximum Gasteiger partial charge on any atom is 0.472 e. The Morgan fingerprint density at radius 3 is 1.09 bits per heavy atom. The smallest absolute Gasteiger partial charge is 0.462 e. The van der Waals surface area contributed by atoms with E-state index in [0.29, 0.717) is 6.42 Å². The van der Waals surface area contributed by atoms with Crippen molar-refractivity contribution in [2.45, 2.75) is 315 Å². The van der Waals surface area contributed by atoms with Crippen molar-refractivity contribution in [3.8, 4) is 0 Å². The fourth-order valence-corrected chi connectivity index (χ4v) is 10.0. The Kier molecular flexibility index (Phi) is 59.1. The lowest BCUT2D eigenvalue weighted by molar-refractivity contribution is -0.161. The average Bonchev–Trinajstić information content (AvgIpc) is 3.40. The highest BCUT2D eigenvalue weighted by molar-refractivity contribution is 7.47. The minimum Gasteiger partial charge on any atom is -0.462 e. The molecule has 2 unspecified atom stereocenters. The molecule has 0 aliphatic rings. The molecule has 0 radical (unpaired) electrons. The van der Waals surface area contributed by atoms with E-state index in [4.69, 9.17) is 24.3 Å². The van der Waals surface area contributed by atoms with Gasteiger partial charge in [-0.05, 0) is 57.8 Å². The van der Waals surface area contributed by atoms with E-state index in [1.807, 2.05) is 0 Å². The average molecular weight is 1070 g/mol.